The van der Waals surface area contributed by atoms with Gasteiger partial charge < -0.3 is 16.0 Å². The topological polar surface area (TPSA) is 100 Å². The van der Waals surface area contributed by atoms with Crippen molar-refractivity contribution < 1.29 is 14.4 Å². The molecule has 0 aliphatic carbocycles. The van der Waals surface area contributed by atoms with Gasteiger partial charge in [0.1, 0.15) is 5.92 Å². The van der Waals surface area contributed by atoms with Crippen LogP contribution in [-0.4, -0.2) is 29.3 Å². The Morgan fingerprint density at radius 3 is 2.77 bits per heavy atom. The van der Waals surface area contributed by atoms with Gasteiger partial charge in [-0.1, -0.05) is 17.7 Å². The lowest BCUT2D eigenvalue weighted by Crippen LogP contribution is -2.42. The molecule has 136 valence electrons. The highest BCUT2D eigenvalue weighted by atomic mass is 32.1. The second kappa shape index (κ2) is 8.09. The molecule has 1 aliphatic rings. The lowest BCUT2D eigenvalue weighted by atomic mass is 9.98. The van der Waals surface area contributed by atoms with Gasteiger partial charge in [0.25, 0.3) is 0 Å². The molecule has 26 heavy (non-hydrogen) atoms. The van der Waals surface area contributed by atoms with Crippen LogP contribution in [0.4, 0.5) is 10.8 Å². The number of nitrogens with zero attached hydrogens (tertiary/aromatic N) is 1. The zero-order valence-electron chi connectivity index (χ0n) is 14.4. The fraction of sp³-hybridized carbons (Fsp3) is 0.333. The van der Waals surface area contributed by atoms with E-state index in [1.807, 2.05) is 31.2 Å². The van der Waals surface area contributed by atoms with Gasteiger partial charge >= 0.3 is 0 Å². The summed E-state index contributed by atoms with van der Waals surface area (Å²) in [6, 6.07) is 7.53. The lowest BCUT2D eigenvalue weighted by molar-refractivity contribution is -0.134. The highest BCUT2D eigenvalue weighted by molar-refractivity contribution is 7.13. The number of carbonyl (C=O) groups excluding carboxylic acids is 3. The van der Waals surface area contributed by atoms with Crippen LogP contribution in [0, 0.1) is 12.8 Å². The Morgan fingerprint density at radius 2 is 2.04 bits per heavy atom. The van der Waals surface area contributed by atoms with Gasteiger partial charge in [-0.2, -0.15) is 0 Å². The molecule has 2 aromatic rings. The maximum absolute atomic E-state index is 12.2. The van der Waals surface area contributed by atoms with Gasteiger partial charge in [0.05, 0.1) is 12.1 Å². The summed E-state index contributed by atoms with van der Waals surface area (Å²) in [5.74, 6) is -1.46. The minimum atomic E-state index is -0.680. The van der Waals surface area contributed by atoms with Crippen LogP contribution < -0.4 is 16.0 Å². The normalized spacial score (nSPS) is 16.7. The lowest BCUT2D eigenvalue weighted by Gasteiger charge is -2.20. The number of carbonyl (C=O) groups is 3. The smallest absolute Gasteiger partial charge is 0.238 e. The molecule has 3 rings (SSSR count). The van der Waals surface area contributed by atoms with Gasteiger partial charge in [-0.15, -0.1) is 11.3 Å². The third-order valence-electron chi connectivity index (χ3n) is 4.06. The molecular formula is C18H20N4O3S. The standard InChI is InChI=1S/C18H20N4O3S/c1-11-4-6-12(7-5-11)20-15(23)9-13-10-26-18(21-13)22-17(25)14-3-2-8-19-16(14)24/h4-7,10,14H,2-3,8-9H2,1H3,(H,19,24)(H,20,23)(H,21,22,25). The van der Waals surface area contributed by atoms with Crippen LogP contribution in [0.2, 0.25) is 0 Å². The van der Waals surface area contributed by atoms with Gasteiger partial charge in [0.2, 0.25) is 17.7 Å². The van der Waals surface area contributed by atoms with E-state index in [0.717, 1.165) is 17.7 Å². The summed E-state index contributed by atoms with van der Waals surface area (Å²) in [7, 11) is 0. The average Bonchev–Trinajstić information content (AvgIpc) is 3.04. The number of hydrogen-bond donors (Lipinski definition) is 3. The molecule has 1 saturated heterocycles. The highest BCUT2D eigenvalue weighted by Crippen LogP contribution is 2.19. The Labute approximate surface area is 155 Å². The van der Waals surface area contributed by atoms with Crippen molar-refractivity contribution in [2.24, 2.45) is 5.92 Å². The first-order valence-corrected chi connectivity index (χ1v) is 9.29. The van der Waals surface area contributed by atoms with E-state index < -0.39 is 5.92 Å². The van der Waals surface area contributed by atoms with Gasteiger partial charge in [-0.05, 0) is 31.9 Å². The van der Waals surface area contributed by atoms with Crippen LogP contribution in [-0.2, 0) is 20.8 Å². The van der Waals surface area contributed by atoms with E-state index in [9.17, 15) is 14.4 Å². The van der Waals surface area contributed by atoms with Crippen molar-refractivity contribution in [2.75, 3.05) is 17.2 Å². The molecular weight excluding hydrogens is 352 g/mol. The van der Waals surface area contributed by atoms with Crippen molar-refractivity contribution in [2.45, 2.75) is 26.2 Å². The highest BCUT2D eigenvalue weighted by Gasteiger charge is 2.29. The first-order valence-electron chi connectivity index (χ1n) is 8.41. The monoisotopic (exact) mass is 372 g/mol. The van der Waals surface area contributed by atoms with Gasteiger partial charge in [-0.25, -0.2) is 4.98 Å². The summed E-state index contributed by atoms with van der Waals surface area (Å²) in [5, 5.41) is 10.3. The fourth-order valence-electron chi connectivity index (χ4n) is 2.67. The van der Waals surface area contributed by atoms with E-state index in [1.54, 1.807) is 5.38 Å². The van der Waals surface area contributed by atoms with Crippen LogP contribution in [0.5, 0.6) is 0 Å². The van der Waals surface area contributed by atoms with Gasteiger partial charge in [0, 0.05) is 17.6 Å². The molecule has 1 unspecified atom stereocenters. The molecule has 0 bridgehead atoms. The molecule has 0 radical (unpaired) electrons. The summed E-state index contributed by atoms with van der Waals surface area (Å²) >= 11 is 1.24. The molecule has 0 spiro atoms. The van der Waals surface area contributed by atoms with Crippen LogP contribution in [0.3, 0.4) is 0 Å². The van der Waals surface area contributed by atoms with Crippen molar-refractivity contribution in [1.82, 2.24) is 10.3 Å². The summed E-state index contributed by atoms with van der Waals surface area (Å²) in [4.78, 5) is 40.3. The fourth-order valence-corrected chi connectivity index (χ4v) is 3.38. The van der Waals surface area contributed by atoms with E-state index in [1.165, 1.54) is 11.3 Å². The summed E-state index contributed by atoms with van der Waals surface area (Å²) in [5.41, 5.74) is 2.42. The van der Waals surface area contributed by atoms with Crippen molar-refractivity contribution >= 4 is 39.9 Å². The minimum Gasteiger partial charge on any atom is -0.355 e. The predicted molar refractivity (Wildman–Crippen MR) is 100.0 cm³/mol. The first kappa shape index (κ1) is 18.1. The maximum Gasteiger partial charge on any atom is 0.238 e. The number of anilines is 2. The Balaban J connectivity index is 1.54. The molecule has 3 N–H and O–H groups in total. The van der Waals surface area contributed by atoms with Crippen molar-refractivity contribution in [3.63, 3.8) is 0 Å². The molecule has 1 aromatic heterocycles. The number of amides is 3. The van der Waals surface area contributed by atoms with Crippen molar-refractivity contribution in [3.8, 4) is 0 Å². The molecule has 1 aromatic carbocycles. The molecule has 8 heteroatoms. The molecule has 3 amide bonds. The number of thiazole rings is 1. The Hall–Kier alpha value is -2.74. The van der Waals surface area contributed by atoms with Crippen molar-refractivity contribution in [1.29, 1.82) is 0 Å². The molecule has 0 saturated carbocycles. The number of nitrogens with one attached hydrogen (secondary N) is 3. The third-order valence-corrected chi connectivity index (χ3v) is 4.87. The SMILES string of the molecule is Cc1ccc(NC(=O)Cc2csc(NC(=O)C3CCCNC3=O)n2)cc1. The maximum atomic E-state index is 12.2. The number of piperidine rings is 1. The molecule has 1 atom stereocenters. The number of rotatable bonds is 5. The molecule has 1 fully saturated rings. The molecule has 2 heterocycles. The van der Waals surface area contributed by atoms with Gasteiger partial charge in [0.15, 0.2) is 5.13 Å². The summed E-state index contributed by atoms with van der Waals surface area (Å²) < 4.78 is 0. The Kier molecular flexibility index (Phi) is 5.62. The second-order valence-corrected chi connectivity index (χ2v) is 7.07. The number of aryl methyl sites for hydroxylation is 1. The Bertz CT molecular complexity index is 816. The third kappa shape index (κ3) is 4.66. The molecule has 1 aliphatic heterocycles. The van der Waals surface area contributed by atoms with Gasteiger partial charge in [-0.3, -0.25) is 14.4 Å². The van der Waals surface area contributed by atoms with E-state index in [2.05, 4.69) is 20.9 Å². The van der Waals surface area contributed by atoms with E-state index >= 15 is 0 Å². The quantitative estimate of drug-likeness (QED) is 0.700. The van der Waals surface area contributed by atoms with Crippen LogP contribution >= 0.6 is 11.3 Å². The number of benzene rings is 1. The number of aromatic nitrogens is 1. The predicted octanol–water partition coefficient (Wildman–Crippen LogP) is 2.10. The summed E-state index contributed by atoms with van der Waals surface area (Å²) in [6.07, 6.45) is 1.44. The zero-order chi connectivity index (χ0) is 18.5. The first-order chi connectivity index (χ1) is 12.5. The minimum absolute atomic E-state index is 0.115. The van der Waals surface area contributed by atoms with E-state index in [-0.39, 0.29) is 24.1 Å². The molecule has 7 nitrogen and oxygen atoms in total. The second-order valence-electron chi connectivity index (χ2n) is 6.21. The van der Waals surface area contributed by atoms with E-state index in [0.29, 0.717) is 23.8 Å². The van der Waals surface area contributed by atoms with Crippen LogP contribution in [0.25, 0.3) is 0 Å². The van der Waals surface area contributed by atoms with Crippen LogP contribution in [0.1, 0.15) is 24.1 Å². The zero-order valence-corrected chi connectivity index (χ0v) is 15.2. The van der Waals surface area contributed by atoms with Crippen molar-refractivity contribution in [3.05, 3.63) is 40.9 Å². The number of hydrogen-bond acceptors (Lipinski definition) is 5. The average molecular weight is 372 g/mol. The Morgan fingerprint density at radius 1 is 1.27 bits per heavy atom. The summed E-state index contributed by atoms with van der Waals surface area (Å²) in [6.45, 7) is 2.59. The largest absolute Gasteiger partial charge is 0.355 e. The van der Waals surface area contributed by atoms with E-state index in [4.69, 9.17) is 0 Å². The van der Waals surface area contributed by atoms with Crippen LogP contribution in [0.15, 0.2) is 29.6 Å².